The first kappa shape index (κ1) is 30.5. The van der Waals surface area contributed by atoms with Gasteiger partial charge in [0.2, 0.25) is 11.7 Å². The molecule has 0 spiro atoms. The Balaban J connectivity index is 1.15. The second-order valence-corrected chi connectivity index (χ2v) is 10.7. The minimum atomic E-state index is -0.722. The van der Waals surface area contributed by atoms with Crippen molar-refractivity contribution in [2.24, 2.45) is 5.92 Å². The smallest absolute Gasteiger partial charge is 0.303 e. The second-order valence-electron chi connectivity index (χ2n) is 10.7. The molecule has 46 heavy (non-hydrogen) atoms. The molecule has 1 fully saturated rings. The molecule has 0 unspecified atom stereocenters. The third-order valence-corrected chi connectivity index (χ3v) is 7.62. The van der Waals surface area contributed by atoms with E-state index in [0.29, 0.717) is 54.1 Å². The van der Waals surface area contributed by atoms with Crippen molar-refractivity contribution in [1.82, 2.24) is 35.1 Å². The van der Waals surface area contributed by atoms with Gasteiger partial charge >= 0.3 is 5.97 Å². The van der Waals surface area contributed by atoms with Gasteiger partial charge in [-0.1, -0.05) is 30.3 Å². The quantitative estimate of drug-likeness (QED) is 0.223. The number of nitrogens with zero attached hydrogens (tertiary/aromatic N) is 7. The molecule has 4 heterocycles. The highest BCUT2D eigenvalue weighted by atomic mass is 19.3. The number of halogens is 1. The summed E-state index contributed by atoms with van der Waals surface area (Å²) in [5.41, 5.74) is 3.17. The van der Waals surface area contributed by atoms with E-state index in [-0.39, 0.29) is 36.1 Å². The van der Waals surface area contributed by atoms with Crippen molar-refractivity contribution in [2.75, 3.05) is 25.0 Å². The molecule has 1 atom stereocenters. The summed E-state index contributed by atoms with van der Waals surface area (Å²) in [7, 11) is 0. The van der Waals surface area contributed by atoms with Gasteiger partial charge in [-0.25, -0.2) is 4.98 Å². The number of oxazole rings is 1. The number of fused-ring (bicyclic) bond motifs is 1. The number of benzene rings is 2. The molecule has 1 saturated heterocycles. The minimum absolute atomic E-state index is 0.0594. The van der Waals surface area contributed by atoms with Gasteiger partial charge in [-0.05, 0) is 64.4 Å². The first-order valence-electron chi connectivity index (χ1n) is 14.5. The van der Waals surface area contributed by atoms with Gasteiger partial charge in [0.05, 0.1) is 0 Å². The number of amides is 2. The Kier molecular flexibility index (Phi) is 9.01. The van der Waals surface area contributed by atoms with Crippen molar-refractivity contribution in [3.8, 4) is 11.5 Å². The van der Waals surface area contributed by atoms with E-state index in [1.807, 2.05) is 30.3 Å². The lowest BCUT2D eigenvalue weighted by molar-refractivity contribution is -0.152. The molecule has 2 aromatic carbocycles. The topological polar surface area (TPSA) is 167 Å². The molecule has 5 aromatic rings. The molecule has 236 valence electrons. The molecule has 6 rings (SSSR count). The highest BCUT2D eigenvalue weighted by Gasteiger charge is 2.33. The summed E-state index contributed by atoms with van der Waals surface area (Å²) in [5.74, 6) is -0.589. The van der Waals surface area contributed by atoms with E-state index < -0.39 is 18.5 Å². The van der Waals surface area contributed by atoms with Crippen molar-refractivity contribution in [1.29, 1.82) is 0 Å². The van der Waals surface area contributed by atoms with Crippen molar-refractivity contribution in [3.63, 3.8) is 0 Å². The molecule has 2 amide bonds. The van der Waals surface area contributed by atoms with E-state index >= 15 is 0 Å². The summed E-state index contributed by atoms with van der Waals surface area (Å²) in [6.45, 7) is 1.54. The summed E-state index contributed by atoms with van der Waals surface area (Å²) < 4.78 is 22.9. The van der Waals surface area contributed by atoms with Crippen LogP contribution >= 0.6 is 0 Å². The molecule has 0 aliphatic carbocycles. The third kappa shape index (κ3) is 6.89. The Hall–Kier alpha value is -5.57. The maximum Gasteiger partial charge on any atom is 0.303 e. The number of tetrazole rings is 1. The first-order valence-corrected chi connectivity index (χ1v) is 14.5. The van der Waals surface area contributed by atoms with E-state index in [9.17, 15) is 18.9 Å². The number of likely N-dealkylation sites (tertiary alicyclic amines) is 1. The van der Waals surface area contributed by atoms with Crippen molar-refractivity contribution in [3.05, 3.63) is 83.9 Å². The number of pyridine rings is 1. The molecule has 0 saturated carbocycles. The number of carbonyl (C=O) groups is 3. The highest BCUT2D eigenvalue weighted by molar-refractivity contribution is 5.94. The maximum atomic E-state index is 13.6. The predicted molar refractivity (Wildman–Crippen MR) is 159 cm³/mol. The summed E-state index contributed by atoms with van der Waals surface area (Å²) in [5, 5.41) is 15.3. The average Bonchev–Trinajstić information content (AvgIpc) is 3.72. The lowest BCUT2D eigenvalue weighted by atomic mass is 9.85. The number of hydrogen-bond donors (Lipinski definition) is 1. The molecule has 1 aliphatic rings. The lowest BCUT2D eigenvalue weighted by Gasteiger charge is -2.35. The number of rotatable bonds is 10. The summed E-state index contributed by atoms with van der Waals surface area (Å²) in [4.78, 5) is 51.9. The van der Waals surface area contributed by atoms with Crippen LogP contribution in [0.15, 0.2) is 71.3 Å². The van der Waals surface area contributed by atoms with E-state index in [1.54, 1.807) is 40.0 Å². The Morgan fingerprint density at radius 2 is 1.89 bits per heavy atom. The van der Waals surface area contributed by atoms with Crippen molar-refractivity contribution >= 4 is 34.6 Å². The van der Waals surface area contributed by atoms with Crippen molar-refractivity contribution in [2.45, 2.75) is 32.4 Å². The number of aromatic nitrogens is 6. The van der Waals surface area contributed by atoms with Crippen LogP contribution in [0.5, 0.6) is 0 Å². The zero-order valence-corrected chi connectivity index (χ0v) is 24.7. The fourth-order valence-electron chi connectivity index (χ4n) is 5.48. The monoisotopic (exact) mass is 628 g/mol. The summed E-state index contributed by atoms with van der Waals surface area (Å²) >= 11 is 0. The number of carbonyl (C=O) groups excluding carboxylic acids is 3. The van der Waals surface area contributed by atoms with E-state index in [4.69, 9.17) is 9.15 Å². The lowest BCUT2D eigenvalue weighted by Crippen LogP contribution is -2.41. The molecular weight excluding hydrogens is 599 g/mol. The van der Waals surface area contributed by atoms with Gasteiger partial charge in [-0.3, -0.25) is 19.4 Å². The molecule has 3 aromatic heterocycles. The molecule has 1 N–H and O–H groups in total. The van der Waals surface area contributed by atoms with Gasteiger partial charge in [-0.2, -0.15) is 9.74 Å². The highest BCUT2D eigenvalue weighted by Crippen LogP contribution is 2.34. The molecule has 15 heteroatoms. The van der Waals surface area contributed by atoms with Gasteiger partial charge in [0.1, 0.15) is 17.3 Å². The van der Waals surface area contributed by atoms with Gasteiger partial charge in [0, 0.05) is 37.5 Å². The van der Waals surface area contributed by atoms with Crippen LogP contribution in [0, 0.1) is 5.92 Å². The van der Waals surface area contributed by atoms with E-state index in [2.05, 4.69) is 35.6 Å². The molecule has 14 nitrogen and oxygen atoms in total. The predicted octanol–water partition coefficient (Wildman–Crippen LogP) is 3.92. The Bertz CT molecular complexity index is 1850. The largest absolute Gasteiger partial charge is 0.457 e. The van der Waals surface area contributed by atoms with Crippen LogP contribution in [0.3, 0.4) is 0 Å². The normalized spacial score (nSPS) is 14.3. The molecular formula is C31H29FN8O6. The fraction of sp³-hybridized carbons (Fsp3) is 0.290. The van der Waals surface area contributed by atoms with Crippen LogP contribution < -0.4 is 5.32 Å². The Labute approximate surface area is 261 Å². The number of nitrogens with one attached hydrogen (secondary N) is 1. The van der Waals surface area contributed by atoms with Gasteiger partial charge < -0.3 is 19.4 Å². The standard InChI is InChI=1S/C31H29FN8O6/c1-19(41)44-17-27-36-38-40(37-27)29(20-5-3-2-4-6-20)21-10-13-39(14-11-21)31(43)25-15-22(9-12-33-25)30-35-24-16-23(7-8-26(24)46-30)34-28(42)18-45-32/h2-9,12,15-16,21,29H,10-11,13-14,17-18H2,1H3,(H,34,42)/t29-/m1/s1. The van der Waals surface area contributed by atoms with Gasteiger partial charge in [-0.15, -0.1) is 10.2 Å². The third-order valence-electron chi connectivity index (χ3n) is 7.62. The second kappa shape index (κ2) is 13.6. The summed E-state index contributed by atoms with van der Waals surface area (Å²) in [6.07, 6.45) is 2.91. The van der Waals surface area contributed by atoms with E-state index in [0.717, 1.165) is 5.56 Å². The van der Waals surface area contributed by atoms with E-state index in [1.165, 1.54) is 13.1 Å². The van der Waals surface area contributed by atoms with Crippen LogP contribution in [-0.2, 0) is 25.9 Å². The zero-order valence-electron chi connectivity index (χ0n) is 24.7. The summed E-state index contributed by atoms with van der Waals surface area (Å²) in [6, 6.07) is 17.8. The SMILES string of the molecule is CC(=O)OCc1nnn([C@H](c2ccccc2)C2CCN(C(=O)c3cc(-c4nc5cc(NC(=O)COF)ccc5o4)ccn3)CC2)n1. The fourth-order valence-corrected chi connectivity index (χ4v) is 5.48. The first-order chi connectivity index (χ1) is 22.4. The van der Waals surface area contributed by atoms with Crippen LogP contribution in [0.4, 0.5) is 10.2 Å². The van der Waals surface area contributed by atoms with Crippen LogP contribution in [-0.4, -0.2) is 72.6 Å². The Morgan fingerprint density at radius 1 is 1.09 bits per heavy atom. The number of esters is 1. The minimum Gasteiger partial charge on any atom is -0.457 e. The molecule has 0 radical (unpaired) electrons. The average molecular weight is 629 g/mol. The zero-order chi connectivity index (χ0) is 32.0. The number of anilines is 1. The van der Waals surface area contributed by atoms with Gasteiger partial charge in [0.25, 0.3) is 11.8 Å². The maximum absolute atomic E-state index is 13.6. The van der Waals surface area contributed by atoms with Crippen LogP contribution in [0.2, 0.25) is 0 Å². The number of piperidine rings is 1. The molecule has 1 aliphatic heterocycles. The van der Waals surface area contributed by atoms with Crippen LogP contribution in [0.25, 0.3) is 22.6 Å². The number of ether oxygens (including phenoxy) is 1. The van der Waals surface area contributed by atoms with Crippen molar-refractivity contribution < 1.29 is 33.0 Å². The van der Waals surface area contributed by atoms with Crippen LogP contribution in [0.1, 0.15) is 47.7 Å². The number of hydrogen-bond acceptors (Lipinski definition) is 11. The van der Waals surface area contributed by atoms with Gasteiger partial charge in [0.15, 0.2) is 18.8 Å². The Morgan fingerprint density at radius 3 is 2.65 bits per heavy atom. The molecule has 0 bridgehead atoms.